The number of anilines is 1. The number of hydrogen-bond donors (Lipinski definition) is 1. The Morgan fingerprint density at radius 3 is 2.50 bits per heavy atom. The predicted octanol–water partition coefficient (Wildman–Crippen LogP) is 2.61. The molecule has 3 rings (SSSR count). The molecule has 0 spiro atoms. The number of carbonyl (C=O) groups is 1. The fourth-order valence-electron chi connectivity index (χ4n) is 3.71. The lowest BCUT2D eigenvalue weighted by molar-refractivity contribution is -0.110. The Labute approximate surface area is 170 Å². The zero-order valence-corrected chi connectivity index (χ0v) is 16.8. The molecule has 1 fully saturated rings. The molecule has 2 aromatic rings. The van der Waals surface area contributed by atoms with Crippen LogP contribution in [-0.4, -0.2) is 62.3 Å². The van der Waals surface area contributed by atoms with E-state index in [1.807, 2.05) is 35.2 Å². The Kier molecular flexibility index (Phi) is 6.78. The molecule has 1 saturated heterocycles. The van der Waals surface area contributed by atoms with Gasteiger partial charge in [0.05, 0.1) is 32.9 Å². The van der Waals surface area contributed by atoms with Crippen LogP contribution in [0.3, 0.4) is 0 Å². The second-order valence-electron chi connectivity index (χ2n) is 6.80. The molecular formula is C21H25ClN2O4. The van der Waals surface area contributed by atoms with Crippen LogP contribution in [0.15, 0.2) is 42.5 Å². The number of ether oxygens (including phenoxy) is 2. The molecule has 0 aromatic heterocycles. The topological polar surface area (TPSA) is 62.2 Å². The van der Waals surface area contributed by atoms with E-state index < -0.39 is 0 Å². The van der Waals surface area contributed by atoms with E-state index >= 15 is 0 Å². The number of hydrogen-bond acceptors (Lipinski definition) is 6. The highest BCUT2D eigenvalue weighted by molar-refractivity contribution is 6.30. The number of nitrogens with zero attached hydrogens (tertiary/aromatic N) is 2. The third kappa shape index (κ3) is 4.41. The summed E-state index contributed by atoms with van der Waals surface area (Å²) in [5.41, 5.74) is 1.88. The summed E-state index contributed by atoms with van der Waals surface area (Å²) >= 11 is 5.99. The van der Waals surface area contributed by atoms with Gasteiger partial charge in [0.1, 0.15) is 17.8 Å². The largest absolute Gasteiger partial charge is 0.497 e. The van der Waals surface area contributed by atoms with E-state index in [-0.39, 0.29) is 18.7 Å². The molecule has 28 heavy (non-hydrogen) atoms. The molecule has 1 aliphatic rings. The Morgan fingerprint density at radius 2 is 1.89 bits per heavy atom. The highest BCUT2D eigenvalue weighted by atomic mass is 35.5. The Balaban J connectivity index is 1.81. The van der Waals surface area contributed by atoms with Crippen LogP contribution in [0.5, 0.6) is 11.5 Å². The maximum Gasteiger partial charge on any atom is 0.143 e. The molecule has 6 nitrogen and oxygen atoms in total. The summed E-state index contributed by atoms with van der Waals surface area (Å²) in [5, 5.41) is 10.6. The molecular weight excluding hydrogens is 380 g/mol. The van der Waals surface area contributed by atoms with Crippen LogP contribution >= 0.6 is 11.6 Å². The molecule has 2 atom stereocenters. The first kappa shape index (κ1) is 20.5. The molecule has 2 aromatic carbocycles. The van der Waals surface area contributed by atoms with Crippen LogP contribution in [0.2, 0.25) is 5.02 Å². The minimum absolute atomic E-state index is 0.0524. The lowest BCUT2D eigenvalue weighted by Crippen LogP contribution is -2.60. The number of aliphatic hydroxyl groups is 1. The summed E-state index contributed by atoms with van der Waals surface area (Å²) in [7, 11) is 3.24. The smallest absolute Gasteiger partial charge is 0.143 e. The van der Waals surface area contributed by atoms with E-state index in [4.69, 9.17) is 21.1 Å². The number of carbonyl (C=O) groups excluding carboxylic acids is 1. The minimum Gasteiger partial charge on any atom is -0.497 e. The first-order valence-corrected chi connectivity index (χ1v) is 9.50. The van der Waals surface area contributed by atoms with Gasteiger partial charge in [-0.15, -0.1) is 0 Å². The van der Waals surface area contributed by atoms with Gasteiger partial charge in [-0.05, 0) is 30.3 Å². The summed E-state index contributed by atoms with van der Waals surface area (Å²) in [6, 6.07) is 12.5. The molecule has 1 N–H and O–H groups in total. The molecule has 0 aliphatic carbocycles. The molecule has 1 heterocycles. The highest BCUT2D eigenvalue weighted by Gasteiger charge is 2.34. The fraction of sp³-hybridized carbons (Fsp3) is 0.381. The van der Waals surface area contributed by atoms with Crippen LogP contribution in [0.1, 0.15) is 5.56 Å². The van der Waals surface area contributed by atoms with Crippen molar-refractivity contribution in [2.45, 2.75) is 18.6 Å². The van der Waals surface area contributed by atoms with Gasteiger partial charge in [-0.1, -0.05) is 17.7 Å². The zero-order valence-electron chi connectivity index (χ0n) is 16.0. The van der Waals surface area contributed by atoms with Crippen molar-refractivity contribution < 1.29 is 19.4 Å². The summed E-state index contributed by atoms with van der Waals surface area (Å²) in [6.07, 6.45) is 0.939. The number of rotatable bonds is 7. The Bertz CT molecular complexity index is 799. The Hall–Kier alpha value is -2.28. The zero-order chi connectivity index (χ0) is 20.1. The van der Waals surface area contributed by atoms with Crippen LogP contribution in [0.4, 0.5) is 5.69 Å². The average molecular weight is 405 g/mol. The van der Waals surface area contributed by atoms with E-state index in [0.717, 1.165) is 29.0 Å². The van der Waals surface area contributed by atoms with Crippen molar-refractivity contribution in [3.8, 4) is 11.5 Å². The van der Waals surface area contributed by atoms with Crippen LogP contribution in [0, 0.1) is 0 Å². The van der Waals surface area contributed by atoms with Gasteiger partial charge in [-0.3, -0.25) is 4.90 Å². The number of methoxy groups -OCH3 is 2. The summed E-state index contributed by atoms with van der Waals surface area (Å²) in [4.78, 5) is 16.0. The number of piperazine rings is 1. The van der Waals surface area contributed by atoms with E-state index in [1.54, 1.807) is 26.4 Å². The van der Waals surface area contributed by atoms with Crippen LogP contribution in [0.25, 0.3) is 0 Å². The van der Waals surface area contributed by atoms with Crippen LogP contribution < -0.4 is 14.4 Å². The van der Waals surface area contributed by atoms with Gasteiger partial charge in [0.15, 0.2) is 0 Å². The third-order valence-corrected chi connectivity index (χ3v) is 5.30. The van der Waals surface area contributed by atoms with Crippen molar-refractivity contribution in [2.24, 2.45) is 0 Å². The van der Waals surface area contributed by atoms with Crippen molar-refractivity contribution >= 4 is 23.6 Å². The second-order valence-corrected chi connectivity index (χ2v) is 7.23. The summed E-state index contributed by atoms with van der Waals surface area (Å²) in [6.45, 7) is 1.74. The normalized spacial score (nSPS) is 20.1. The first-order chi connectivity index (χ1) is 13.6. The minimum atomic E-state index is -0.365. The van der Waals surface area contributed by atoms with Crippen molar-refractivity contribution in [3.63, 3.8) is 0 Å². The molecule has 7 heteroatoms. The van der Waals surface area contributed by atoms with E-state index in [1.165, 1.54) is 0 Å². The molecule has 0 amide bonds. The van der Waals surface area contributed by atoms with Crippen molar-refractivity contribution in [1.82, 2.24) is 4.90 Å². The van der Waals surface area contributed by atoms with Crippen molar-refractivity contribution in [3.05, 3.63) is 53.1 Å². The SMILES string of the molecule is COc1ccc(CN2CC(C=O)N(c3ccc(Cl)cc3)C(CO)C2)c(OC)c1. The van der Waals surface area contributed by atoms with Gasteiger partial charge >= 0.3 is 0 Å². The molecule has 0 radical (unpaired) electrons. The number of halogens is 1. The first-order valence-electron chi connectivity index (χ1n) is 9.13. The number of benzene rings is 2. The molecule has 1 aliphatic heterocycles. The second kappa shape index (κ2) is 9.28. The average Bonchev–Trinajstić information content (AvgIpc) is 2.74. The monoisotopic (exact) mass is 404 g/mol. The fourth-order valence-corrected chi connectivity index (χ4v) is 3.83. The number of aldehydes is 1. The van der Waals surface area contributed by atoms with E-state index in [0.29, 0.717) is 24.7 Å². The molecule has 150 valence electrons. The van der Waals surface area contributed by atoms with Gasteiger partial charge in [-0.25, -0.2) is 0 Å². The predicted molar refractivity (Wildman–Crippen MR) is 109 cm³/mol. The van der Waals surface area contributed by atoms with Gasteiger partial charge in [0, 0.05) is 42.0 Å². The van der Waals surface area contributed by atoms with Gasteiger partial charge in [0.25, 0.3) is 0 Å². The summed E-state index contributed by atoms with van der Waals surface area (Å²) in [5.74, 6) is 1.47. The maximum absolute atomic E-state index is 11.9. The molecule has 0 saturated carbocycles. The molecule has 2 unspecified atom stereocenters. The van der Waals surface area contributed by atoms with Crippen LogP contribution in [-0.2, 0) is 11.3 Å². The highest BCUT2D eigenvalue weighted by Crippen LogP contribution is 2.29. The molecule has 0 bridgehead atoms. The van der Waals surface area contributed by atoms with Crippen molar-refractivity contribution in [2.75, 3.05) is 38.8 Å². The van der Waals surface area contributed by atoms with Gasteiger partial charge in [0.2, 0.25) is 0 Å². The quantitative estimate of drug-likeness (QED) is 0.716. The van der Waals surface area contributed by atoms with E-state index in [2.05, 4.69) is 4.90 Å². The summed E-state index contributed by atoms with van der Waals surface area (Å²) < 4.78 is 10.7. The van der Waals surface area contributed by atoms with E-state index in [9.17, 15) is 9.90 Å². The lowest BCUT2D eigenvalue weighted by atomic mass is 10.0. The van der Waals surface area contributed by atoms with Gasteiger partial charge in [-0.2, -0.15) is 0 Å². The van der Waals surface area contributed by atoms with Gasteiger partial charge < -0.3 is 24.3 Å². The maximum atomic E-state index is 11.9. The third-order valence-electron chi connectivity index (χ3n) is 5.05. The number of aliphatic hydroxyl groups excluding tert-OH is 1. The standard InChI is InChI=1S/C21H25ClN2O4/c1-27-20-8-3-15(21(9-20)28-2)10-23-11-18(13-25)24(19(12-23)14-26)17-6-4-16(22)5-7-17/h3-9,13,18-19,26H,10-12,14H2,1-2H3. The Morgan fingerprint density at radius 1 is 1.14 bits per heavy atom. The lowest BCUT2D eigenvalue weighted by Gasteiger charge is -2.45. The van der Waals surface area contributed by atoms with Crippen molar-refractivity contribution in [1.29, 1.82) is 0 Å².